The first kappa shape index (κ1) is 25.4. The second kappa shape index (κ2) is 11.4. The van der Waals surface area contributed by atoms with Gasteiger partial charge in [0.25, 0.3) is 5.91 Å². The standard InChI is InChI=1S/C30H30ClN3O2S/c1-2-27(35)33-23-10-12-24(13-11-23)34(30(36)29-28(31)25-8-3-4-9-26(25)37-29)19-20-6-5-7-22(18-20)21-14-16-32-17-15-21/h3-9,14-18,23-24H,2,10-13,19H2,1H3,(H,33,35). The van der Waals surface area contributed by atoms with Gasteiger partial charge in [-0.3, -0.25) is 14.6 Å². The van der Waals surface area contributed by atoms with Gasteiger partial charge in [-0.15, -0.1) is 11.3 Å². The van der Waals surface area contributed by atoms with E-state index in [1.165, 1.54) is 11.3 Å². The van der Waals surface area contributed by atoms with Crippen LogP contribution < -0.4 is 5.32 Å². The van der Waals surface area contributed by atoms with Crippen molar-refractivity contribution in [2.45, 2.75) is 57.7 Å². The summed E-state index contributed by atoms with van der Waals surface area (Å²) in [4.78, 5) is 32.7. The van der Waals surface area contributed by atoms with Gasteiger partial charge in [-0.1, -0.05) is 54.9 Å². The molecule has 1 N–H and O–H groups in total. The summed E-state index contributed by atoms with van der Waals surface area (Å²) in [5.74, 6) is 0.0583. The van der Waals surface area contributed by atoms with Crippen LogP contribution in [0.4, 0.5) is 0 Å². The number of nitrogens with one attached hydrogen (secondary N) is 1. The molecule has 0 radical (unpaired) electrons. The highest BCUT2D eigenvalue weighted by Gasteiger charge is 2.32. The first-order chi connectivity index (χ1) is 18.0. The van der Waals surface area contributed by atoms with E-state index in [4.69, 9.17) is 11.6 Å². The molecular weight excluding hydrogens is 502 g/mol. The first-order valence-electron chi connectivity index (χ1n) is 12.8. The van der Waals surface area contributed by atoms with Crippen molar-refractivity contribution in [3.8, 4) is 11.1 Å². The highest BCUT2D eigenvalue weighted by Crippen LogP contribution is 2.37. The van der Waals surface area contributed by atoms with Gasteiger partial charge >= 0.3 is 0 Å². The second-order valence-electron chi connectivity index (χ2n) is 9.54. The van der Waals surface area contributed by atoms with Crippen LogP contribution in [0.15, 0.2) is 73.1 Å². The van der Waals surface area contributed by atoms with Crippen LogP contribution in [0.1, 0.15) is 54.3 Å². The van der Waals surface area contributed by atoms with Gasteiger partial charge in [-0.05, 0) is 66.6 Å². The SMILES string of the molecule is CCC(=O)NC1CCC(N(Cc2cccc(-c3ccncc3)c2)C(=O)c2sc3ccccc3c2Cl)CC1. The number of carbonyl (C=O) groups excluding carboxylic acids is 2. The van der Waals surface area contributed by atoms with E-state index in [0.29, 0.717) is 22.9 Å². The van der Waals surface area contributed by atoms with Crippen molar-refractivity contribution in [1.29, 1.82) is 0 Å². The Hall–Kier alpha value is -3.22. The van der Waals surface area contributed by atoms with E-state index in [2.05, 4.69) is 28.5 Å². The van der Waals surface area contributed by atoms with Gasteiger partial charge in [0.2, 0.25) is 5.91 Å². The second-order valence-corrected chi connectivity index (χ2v) is 11.0. The molecule has 4 aromatic rings. The van der Waals surface area contributed by atoms with Gasteiger partial charge < -0.3 is 10.2 Å². The van der Waals surface area contributed by atoms with E-state index >= 15 is 0 Å². The van der Waals surface area contributed by atoms with Gasteiger partial charge in [0.1, 0.15) is 4.88 Å². The molecule has 7 heteroatoms. The van der Waals surface area contributed by atoms with Crippen molar-refractivity contribution < 1.29 is 9.59 Å². The third kappa shape index (κ3) is 5.71. The normalized spacial score (nSPS) is 17.5. The molecule has 0 atom stereocenters. The van der Waals surface area contributed by atoms with Crippen molar-refractivity contribution >= 4 is 44.8 Å². The zero-order valence-electron chi connectivity index (χ0n) is 20.8. The van der Waals surface area contributed by atoms with Crippen molar-refractivity contribution in [1.82, 2.24) is 15.2 Å². The van der Waals surface area contributed by atoms with E-state index in [9.17, 15) is 9.59 Å². The fourth-order valence-corrected chi connectivity index (χ4v) is 6.57. The Labute approximate surface area is 226 Å². The van der Waals surface area contributed by atoms with Crippen LogP contribution in [0.2, 0.25) is 5.02 Å². The maximum atomic E-state index is 14.1. The molecule has 1 aliphatic carbocycles. The molecule has 0 saturated heterocycles. The summed E-state index contributed by atoms with van der Waals surface area (Å²) in [6, 6.07) is 20.5. The highest BCUT2D eigenvalue weighted by molar-refractivity contribution is 7.21. The third-order valence-electron chi connectivity index (χ3n) is 7.11. The molecule has 5 rings (SSSR count). The Morgan fingerprint density at radius 3 is 2.49 bits per heavy atom. The number of benzene rings is 2. The van der Waals surface area contributed by atoms with Gasteiger partial charge in [0, 0.05) is 47.5 Å². The van der Waals surface area contributed by atoms with Crippen molar-refractivity contribution in [2.75, 3.05) is 0 Å². The molecule has 0 bridgehead atoms. The molecular formula is C30H30ClN3O2S. The minimum absolute atomic E-state index is 0.0263. The number of pyridine rings is 1. The monoisotopic (exact) mass is 531 g/mol. The summed E-state index contributed by atoms with van der Waals surface area (Å²) in [5.41, 5.74) is 3.26. The molecule has 0 spiro atoms. The summed E-state index contributed by atoms with van der Waals surface area (Å²) in [7, 11) is 0. The fourth-order valence-electron chi connectivity index (χ4n) is 5.10. The molecule has 1 fully saturated rings. The molecule has 0 unspecified atom stereocenters. The molecule has 1 saturated carbocycles. The maximum Gasteiger partial charge on any atom is 0.266 e. The van der Waals surface area contributed by atoms with Crippen LogP contribution in [-0.2, 0) is 11.3 Å². The van der Waals surface area contributed by atoms with Crippen LogP contribution >= 0.6 is 22.9 Å². The number of fused-ring (bicyclic) bond motifs is 1. The van der Waals surface area contributed by atoms with Crippen molar-refractivity contribution in [2.24, 2.45) is 0 Å². The van der Waals surface area contributed by atoms with E-state index < -0.39 is 0 Å². The van der Waals surface area contributed by atoms with E-state index in [0.717, 1.165) is 52.5 Å². The van der Waals surface area contributed by atoms with Crippen LogP contribution in [0, 0.1) is 0 Å². The minimum Gasteiger partial charge on any atom is -0.353 e. The van der Waals surface area contributed by atoms with Crippen molar-refractivity contribution in [3.05, 3.63) is 88.5 Å². The number of thiophene rings is 1. The number of amides is 2. The molecule has 0 aliphatic heterocycles. The fraction of sp³-hybridized carbons (Fsp3) is 0.300. The first-order valence-corrected chi connectivity index (χ1v) is 14.0. The lowest BCUT2D eigenvalue weighted by molar-refractivity contribution is -0.121. The number of nitrogens with zero attached hydrogens (tertiary/aromatic N) is 2. The maximum absolute atomic E-state index is 14.1. The highest BCUT2D eigenvalue weighted by atomic mass is 35.5. The lowest BCUT2D eigenvalue weighted by Gasteiger charge is -2.37. The Kier molecular flexibility index (Phi) is 7.87. The smallest absolute Gasteiger partial charge is 0.266 e. The van der Waals surface area contributed by atoms with Crippen LogP contribution in [0.5, 0.6) is 0 Å². The van der Waals surface area contributed by atoms with Gasteiger partial charge in [-0.25, -0.2) is 0 Å². The number of aromatic nitrogens is 1. The average molecular weight is 532 g/mol. The molecule has 2 aromatic heterocycles. The quantitative estimate of drug-likeness (QED) is 0.277. The summed E-state index contributed by atoms with van der Waals surface area (Å²) in [6.07, 6.45) is 7.46. The molecule has 2 aromatic carbocycles. The van der Waals surface area contributed by atoms with Gasteiger partial charge in [-0.2, -0.15) is 0 Å². The molecule has 37 heavy (non-hydrogen) atoms. The zero-order chi connectivity index (χ0) is 25.8. The number of hydrogen-bond donors (Lipinski definition) is 1. The van der Waals surface area contributed by atoms with Crippen molar-refractivity contribution in [3.63, 3.8) is 0 Å². The average Bonchev–Trinajstić information content (AvgIpc) is 3.29. The van der Waals surface area contributed by atoms with E-state index in [1.807, 2.05) is 54.3 Å². The number of carbonyl (C=O) groups is 2. The molecule has 190 valence electrons. The van der Waals surface area contributed by atoms with E-state index in [1.54, 1.807) is 12.4 Å². The van der Waals surface area contributed by atoms with Crippen LogP contribution in [-0.4, -0.2) is 33.8 Å². The summed E-state index contributed by atoms with van der Waals surface area (Å²) in [6.45, 7) is 2.37. The molecule has 2 heterocycles. The summed E-state index contributed by atoms with van der Waals surface area (Å²) >= 11 is 8.21. The van der Waals surface area contributed by atoms with Crippen LogP contribution in [0.3, 0.4) is 0 Å². The lowest BCUT2D eigenvalue weighted by atomic mass is 9.89. The molecule has 5 nitrogen and oxygen atoms in total. The number of halogens is 1. The zero-order valence-corrected chi connectivity index (χ0v) is 22.4. The van der Waals surface area contributed by atoms with Gasteiger partial charge in [0.05, 0.1) is 5.02 Å². The van der Waals surface area contributed by atoms with Gasteiger partial charge in [0.15, 0.2) is 0 Å². The lowest BCUT2D eigenvalue weighted by Crippen LogP contribution is -2.45. The summed E-state index contributed by atoms with van der Waals surface area (Å²) in [5, 5.41) is 4.58. The Bertz CT molecular complexity index is 1400. The Balaban J connectivity index is 1.43. The third-order valence-corrected chi connectivity index (χ3v) is 8.77. The molecule has 1 aliphatic rings. The Morgan fingerprint density at radius 1 is 1.00 bits per heavy atom. The topological polar surface area (TPSA) is 62.3 Å². The number of rotatable bonds is 7. The van der Waals surface area contributed by atoms with E-state index in [-0.39, 0.29) is 23.9 Å². The summed E-state index contributed by atoms with van der Waals surface area (Å²) < 4.78 is 1.02. The predicted octanol–water partition coefficient (Wildman–Crippen LogP) is 7.10. The Morgan fingerprint density at radius 2 is 1.76 bits per heavy atom. The number of hydrogen-bond acceptors (Lipinski definition) is 4. The van der Waals surface area contributed by atoms with Crippen LogP contribution in [0.25, 0.3) is 21.2 Å². The largest absolute Gasteiger partial charge is 0.353 e. The minimum atomic E-state index is -0.0263. The molecule has 2 amide bonds. The predicted molar refractivity (Wildman–Crippen MR) is 151 cm³/mol.